The molecule has 0 radical (unpaired) electrons. The Bertz CT molecular complexity index is 1030. The second-order valence-electron chi connectivity index (χ2n) is 5.90. The minimum atomic E-state index is -0.540. The molecule has 0 atom stereocenters. The summed E-state index contributed by atoms with van der Waals surface area (Å²) < 4.78 is 17.6. The molecule has 1 amide bonds. The van der Waals surface area contributed by atoms with E-state index in [1.54, 1.807) is 25.3 Å². The maximum absolute atomic E-state index is 12.9. The van der Waals surface area contributed by atoms with Gasteiger partial charge in [-0.15, -0.1) is 11.3 Å². The summed E-state index contributed by atoms with van der Waals surface area (Å²) in [6.45, 7) is 3.20. The van der Waals surface area contributed by atoms with Gasteiger partial charge in [-0.2, -0.15) is 5.26 Å². The fraction of sp³-hybridized carbons (Fsp3) is 0.421. The highest BCUT2D eigenvalue weighted by molar-refractivity contribution is 7.07. The number of rotatable bonds is 9. The third-order valence-corrected chi connectivity index (χ3v) is 4.95. The van der Waals surface area contributed by atoms with Crippen LogP contribution in [0.15, 0.2) is 21.3 Å². The van der Waals surface area contributed by atoms with Crippen LogP contribution in [0.2, 0.25) is 0 Å². The van der Waals surface area contributed by atoms with E-state index in [-0.39, 0.29) is 17.7 Å². The number of thiazole rings is 1. The fourth-order valence-electron chi connectivity index (χ4n) is 2.49. The normalized spacial score (nSPS) is 12.7. The zero-order valence-corrected chi connectivity index (χ0v) is 16.9. The van der Waals surface area contributed by atoms with Crippen molar-refractivity contribution in [1.29, 1.82) is 5.26 Å². The van der Waals surface area contributed by atoms with Crippen molar-refractivity contribution >= 4 is 28.9 Å². The number of methoxy groups -OCH3 is 2. The quantitative estimate of drug-likeness (QED) is 0.594. The number of hydrogen-bond acceptors (Lipinski definition) is 7. The summed E-state index contributed by atoms with van der Waals surface area (Å²) >= 11 is 1.09. The second kappa shape index (κ2) is 10.6. The molecular weight excluding hydrogens is 382 g/mol. The lowest BCUT2D eigenvalue weighted by Gasteiger charge is -2.05. The molecule has 1 N–H and O–H groups in total. The molecule has 0 aliphatic rings. The van der Waals surface area contributed by atoms with Gasteiger partial charge < -0.3 is 19.2 Å². The van der Waals surface area contributed by atoms with Crippen LogP contribution in [-0.2, 0) is 20.8 Å². The van der Waals surface area contributed by atoms with Gasteiger partial charge in [-0.3, -0.25) is 14.2 Å². The number of nitriles is 1. The number of amides is 1. The lowest BCUT2D eigenvalue weighted by Crippen LogP contribution is -2.35. The van der Waals surface area contributed by atoms with Gasteiger partial charge in [0.1, 0.15) is 22.3 Å². The molecule has 0 fully saturated rings. The van der Waals surface area contributed by atoms with Crippen molar-refractivity contribution < 1.29 is 18.7 Å². The number of carbonyl (C=O) groups excluding carboxylic acids is 1. The summed E-state index contributed by atoms with van der Waals surface area (Å²) in [5.41, 5.74) is -0.381. The Hall–Kier alpha value is -2.67. The number of ether oxygens (including phenoxy) is 2. The molecule has 0 bridgehead atoms. The first-order chi connectivity index (χ1) is 13.5. The van der Waals surface area contributed by atoms with E-state index in [4.69, 9.17) is 13.9 Å². The number of nitrogens with zero attached hydrogens (tertiary/aromatic N) is 2. The van der Waals surface area contributed by atoms with Crippen molar-refractivity contribution in [3.8, 4) is 6.07 Å². The molecule has 0 aliphatic carbocycles. The average molecular weight is 405 g/mol. The molecular formula is C19H23N3O5S. The minimum absolute atomic E-state index is 0.106. The van der Waals surface area contributed by atoms with Gasteiger partial charge in [0.2, 0.25) is 0 Å². The van der Waals surface area contributed by atoms with Crippen LogP contribution in [0.1, 0.15) is 17.9 Å². The number of aryl methyl sites for hydroxylation is 1. The topological polar surface area (TPSA) is 106 Å². The monoisotopic (exact) mass is 405 g/mol. The molecule has 2 aromatic heterocycles. The Balaban J connectivity index is 2.58. The van der Waals surface area contributed by atoms with Crippen molar-refractivity contribution in [3.63, 3.8) is 0 Å². The first-order valence-electron chi connectivity index (χ1n) is 8.70. The molecule has 0 spiro atoms. The molecule has 2 rings (SSSR count). The van der Waals surface area contributed by atoms with Gasteiger partial charge in [0.25, 0.3) is 11.5 Å². The summed E-state index contributed by atoms with van der Waals surface area (Å²) in [5.74, 6) is 0.724. The van der Waals surface area contributed by atoms with Gasteiger partial charge in [-0.05, 0) is 25.5 Å². The van der Waals surface area contributed by atoms with Crippen LogP contribution in [0.25, 0.3) is 11.6 Å². The van der Waals surface area contributed by atoms with Gasteiger partial charge in [-0.1, -0.05) is 0 Å². The van der Waals surface area contributed by atoms with Crippen LogP contribution in [0.5, 0.6) is 0 Å². The molecule has 150 valence electrons. The SMILES string of the molecule is COCCCn1c(=O)/c(=C\c2ccc(C)o2)s/c1=C(\C#N)C(=O)NCCOC. The lowest BCUT2D eigenvalue weighted by molar-refractivity contribution is -0.115. The predicted molar refractivity (Wildman–Crippen MR) is 105 cm³/mol. The molecule has 28 heavy (non-hydrogen) atoms. The van der Waals surface area contributed by atoms with E-state index in [0.717, 1.165) is 17.1 Å². The molecule has 9 heteroatoms. The standard InChI is InChI=1S/C19H23N3O5S/c1-13-5-6-14(27-13)11-16-18(24)22(8-4-9-25-2)19(28-16)15(12-20)17(23)21-7-10-26-3/h5-6,11H,4,7-10H2,1-3H3,(H,21,23)/b16-11+,19-15+. The molecule has 0 unspecified atom stereocenters. The minimum Gasteiger partial charge on any atom is -0.462 e. The number of furan rings is 1. The van der Waals surface area contributed by atoms with Crippen LogP contribution >= 0.6 is 11.3 Å². The van der Waals surface area contributed by atoms with Crippen LogP contribution in [-0.4, -0.2) is 44.5 Å². The highest BCUT2D eigenvalue weighted by Crippen LogP contribution is 2.06. The predicted octanol–water partition coefficient (Wildman–Crippen LogP) is 0.113. The Morgan fingerprint density at radius 3 is 2.71 bits per heavy atom. The van der Waals surface area contributed by atoms with E-state index in [2.05, 4.69) is 5.32 Å². The fourth-order valence-corrected chi connectivity index (χ4v) is 3.59. The summed E-state index contributed by atoms with van der Waals surface area (Å²) in [4.78, 5) is 25.3. The van der Waals surface area contributed by atoms with Gasteiger partial charge in [0, 0.05) is 40.0 Å². The van der Waals surface area contributed by atoms with Crippen molar-refractivity contribution in [3.05, 3.63) is 43.2 Å². The van der Waals surface area contributed by atoms with Gasteiger partial charge in [0.05, 0.1) is 11.1 Å². The highest BCUT2D eigenvalue weighted by atomic mass is 32.1. The van der Waals surface area contributed by atoms with Crippen LogP contribution in [0, 0.1) is 18.3 Å². The summed E-state index contributed by atoms with van der Waals surface area (Å²) in [6.07, 6.45) is 2.19. The van der Waals surface area contributed by atoms with Crippen LogP contribution in [0.4, 0.5) is 0 Å². The number of hydrogen-bond donors (Lipinski definition) is 1. The third kappa shape index (κ3) is 5.42. The van der Waals surface area contributed by atoms with Crippen LogP contribution < -0.4 is 20.1 Å². The molecule has 0 saturated heterocycles. The Morgan fingerprint density at radius 1 is 1.36 bits per heavy atom. The van der Waals surface area contributed by atoms with E-state index in [1.165, 1.54) is 11.7 Å². The Kier molecular flexibility index (Phi) is 8.19. The average Bonchev–Trinajstić information content (AvgIpc) is 3.21. The molecule has 8 nitrogen and oxygen atoms in total. The van der Waals surface area contributed by atoms with Crippen molar-refractivity contribution in [1.82, 2.24) is 9.88 Å². The van der Waals surface area contributed by atoms with E-state index < -0.39 is 5.91 Å². The third-order valence-electron chi connectivity index (χ3n) is 3.82. The first kappa shape index (κ1) is 21.6. The van der Waals surface area contributed by atoms with Gasteiger partial charge in [0.15, 0.2) is 5.57 Å². The zero-order chi connectivity index (χ0) is 20.5. The van der Waals surface area contributed by atoms with E-state index in [9.17, 15) is 14.9 Å². The summed E-state index contributed by atoms with van der Waals surface area (Å²) in [6, 6.07) is 5.49. The maximum Gasteiger partial charge on any atom is 0.269 e. The molecule has 2 aromatic rings. The van der Waals surface area contributed by atoms with Gasteiger partial charge in [-0.25, -0.2) is 0 Å². The molecule has 0 aliphatic heterocycles. The largest absolute Gasteiger partial charge is 0.462 e. The lowest BCUT2D eigenvalue weighted by atomic mass is 10.3. The van der Waals surface area contributed by atoms with E-state index in [1.807, 2.05) is 13.0 Å². The van der Waals surface area contributed by atoms with Crippen molar-refractivity contribution in [2.45, 2.75) is 19.9 Å². The number of nitrogens with one attached hydrogen (secondary N) is 1. The Labute approximate surface area is 166 Å². The number of aromatic nitrogens is 1. The van der Waals surface area contributed by atoms with Gasteiger partial charge >= 0.3 is 0 Å². The van der Waals surface area contributed by atoms with Crippen LogP contribution in [0.3, 0.4) is 0 Å². The first-order valence-corrected chi connectivity index (χ1v) is 9.51. The molecule has 2 heterocycles. The number of carbonyl (C=O) groups is 1. The molecule has 0 aromatic carbocycles. The zero-order valence-electron chi connectivity index (χ0n) is 16.1. The summed E-state index contributed by atoms with van der Waals surface area (Å²) in [7, 11) is 3.10. The maximum atomic E-state index is 12.9. The molecule has 0 saturated carbocycles. The summed E-state index contributed by atoms with van der Waals surface area (Å²) in [5, 5.41) is 12.2. The van der Waals surface area contributed by atoms with Crippen molar-refractivity contribution in [2.75, 3.05) is 34.0 Å². The highest BCUT2D eigenvalue weighted by Gasteiger charge is 2.15. The Morgan fingerprint density at radius 2 is 2.11 bits per heavy atom. The second-order valence-corrected chi connectivity index (χ2v) is 6.93. The van der Waals surface area contributed by atoms with E-state index in [0.29, 0.717) is 41.1 Å². The van der Waals surface area contributed by atoms with E-state index >= 15 is 0 Å². The van der Waals surface area contributed by atoms with Crippen molar-refractivity contribution in [2.24, 2.45) is 0 Å². The smallest absolute Gasteiger partial charge is 0.269 e.